The molecule has 0 saturated heterocycles. The average molecular weight is 522 g/mol. The summed E-state index contributed by atoms with van der Waals surface area (Å²) in [6.07, 6.45) is 5.14. The Morgan fingerprint density at radius 3 is 2.47 bits per heavy atom. The molecule has 2 aromatic carbocycles. The van der Waals surface area contributed by atoms with Gasteiger partial charge < -0.3 is 0 Å². The van der Waals surface area contributed by atoms with Crippen molar-refractivity contribution in [2.24, 2.45) is 0 Å². The molecule has 6 rings (SSSR count). The molecule has 10 heteroatoms. The minimum Gasteiger partial charge on any atom is -0.254 e. The molecule has 0 unspecified atom stereocenters. The van der Waals surface area contributed by atoms with E-state index in [9.17, 15) is 8.42 Å². The van der Waals surface area contributed by atoms with Crippen LogP contribution < -0.4 is 0 Å². The summed E-state index contributed by atoms with van der Waals surface area (Å²) in [5.41, 5.74) is 3.53. The topological polar surface area (TPSA) is 107 Å². The van der Waals surface area contributed by atoms with Crippen molar-refractivity contribution in [2.45, 2.75) is 18.4 Å². The molecule has 4 aromatic heterocycles. The van der Waals surface area contributed by atoms with Crippen LogP contribution in [0.25, 0.3) is 39.0 Å². The molecule has 0 N–H and O–H groups in total. The molecule has 38 heavy (non-hydrogen) atoms. The Labute approximate surface area is 219 Å². The van der Waals surface area contributed by atoms with E-state index in [2.05, 4.69) is 15.0 Å². The van der Waals surface area contributed by atoms with Crippen LogP contribution in [0.5, 0.6) is 0 Å². The Bertz CT molecular complexity index is 1900. The molecule has 4 heterocycles. The average Bonchev–Trinajstić information content (AvgIpc) is 3.36. The molecule has 0 amide bonds. The zero-order valence-electron chi connectivity index (χ0n) is 20.7. The summed E-state index contributed by atoms with van der Waals surface area (Å²) in [5, 5.41) is 6.79. The number of pyridine rings is 3. The first kappa shape index (κ1) is 23.8. The number of nitrogens with zero attached hydrogens (tertiary/aromatic N) is 7. The van der Waals surface area contributed by atoms with Crippen LogP contribution in [-0.2, 0) is 16.6 Å². The highest BCUT2D eigenvalue weighted by molar-refractivity contribution is 7.89. The molecule has 0 spiro atoms. The normalized spacial score (nSPS) is 12.0. The molecular formula is C28H23N7O2S. The predicted octanol–water partition coefficient (Wildman–Crippen LogP) is 4.55. The van der Waals surface area contributed by atoms with Crippen LogP contribution in [-0.4, -0.2) is 49.5 Å². The van der Waals surface area contributed by atoms with Crippen LogP contribution in [0.1, 0.15) is 11.4 Å². The summed E-state index contributed by atoms with van der Waals surface area (Å²) in [5.74, 6) is 0.805. The van der Waals surface area contributed by atoms with E-state index < -0.39 is 10.0 Å². The van der Waals surface area contributed by atoms with E-state index in [-0.39, 0.29) is 11.4 Å². The van der Waals surface area contributed by atoms with E-state index in [4.69, 9.17) is 10.1 Å². The Morgan fingerprint density at radius 1 is 0.868 bits per heavy atom. The van der Waals surface area contributed by atoms with Gasteiger partial charge in [-0.25, -0.2) is 18.1 Å². The second-order valence-corrected chi connectivity index (χ2v) is 11.0. The maximum absolute atomic E-state index is 13.4. The fourth-order valence-corrected chi connectivity index (χ4v) is 5.39. The third-order valence-electron chi connectivity index (χ3n) is 6.33. The monoisotopic (exact) mass is 521 g/mol. The number of aryl methyl sites for hydroxylation is 1. The Morgan fingerprint density at radius 2 is 1.66 bits per heavy atom. The number of rotatable bonds is 6. The largest absolute Gasteiger partial charge is 0.254 e. The van der Waals surface area contributed by atoms with E-state index in [1.165, 1.54) is 11.4 Å². The van der Waals surface area contributed by atoms with Crippen molar-refractivity contribution in [1.82, 2.24) is 34.0 Å². The third kappa shape index (κ3) is 4.29. The van der Waals surface area contributed by atoms with E-state index in [0.29, 0.717) is 34.1 Å². The second kappa shape index (κ2) is 9.40. The molecule has 0 aliphatic carbocycles. The van der Waals surface area contributed by atoms with Crippen LogP contribution in [0.2, 0.25) is 0 Å². The van der Waals surface area contributed by atoms with Crippen molar-refractivity contribution < 1.29 is 8.42 Å². The molecule has 0 fully saturated rings. The van der Waals surface area contributed by atoms with Crippen molar-refractivity contribution in [1.29, 1.82) is 0 Å². The van der Waals surface area contributed by atoms with Gasteiger partial charge in [0.05, 0.1) is 22.6 Å². The van der Waals surface area contributed by atoms with Gasteiger partial charge in [0.15, 0.2) is 0 Å². The SMILES string of the molecule is Cc1ccc(S(=O)(=O)N(C)Cc2nc(-c3cc4ccccc4cn3)nn2-c2ccnc3cccnc23)cc1. The summed E-state index contributed by atoms with van der Waals surface area (Å²) in [6.45, 7) is 1.89. The Balaban J connectivity index is 1.48. The van der Waals surface area contributed by atoms with E-state index in [0.717, 1.165) is 16.3 Å². The smallest absolute Gasteiger partial charge is 0.243 e. The Hall–Kier alpha value is -4.54. The quantitative estimate of drug-likeness (QED) is 0.316. The minimum absolute atomic E-state index is 0.0204. The number of hydrogen-bond acceptors (Lipinski definition) is 7. The predicted molar refractivity (Wildman–Crippen MR) is 145 cm³/mol. The zero-order chi connectivity index (χ0) is 26.3. The molecular weight excluding hydrogens is 498 g/mol. The highest BCUT2D eigenvalue weighted by Gasteiger charge is 2.25. The van der Waals surface area contributed by atoms with Gasteiger partial charge in [-0.3, -0.25) is 15.0 Å². The molecule has 0 aliphatic heterocycles. The summed E-state index contributed by atoms with van der Waals surface area (Å²) >= 11 is 0. The van der Waals surface area contributed by atoms with Gasteiger partial charge in [0.2, 0.25) is 15.8 Å². The lowest BCUT2D eigenvalue weighted by Gasteiger charge is -2.17. The first-order valence-corrected chi connectivity index (χ1v) is 13.4. The minimum atomic E-state index is -3.77. The molecule has 0 aliphatic rings. The number of aromatic nitrogens is 6. The Kier molecular flexibility index (Phi) is 5.90. The van der Waals surface area contributed by atoms with Gasteiger partial charge in [0.25, 0.3) is 0 Å². The van der Waals surface area contributed by atoms with Crippen molar-refractivity contribution in [2.75, 3.05) is 7.05 Å². The summed E-state index contributed by atoms with van der Waals surface area (Å²) in [7, 11) is -2.24. The van der Waals surface area contributed by atoms with Crippen LogP contribution in [0, 0.1) is 6.92 Å². The number of fused-ring (bicyclic) bond motifs is 2. The lowest BCUT2D eigenvalue weighted by atomic mass is 10.1. The summed E-state index contributed by atoms with van der Waals surface area (Å²) < 4.78 is 29.6. The van der Waals surface area contributed by atoms with E-state index >= 15 is 0 Å². The summed E-state index contributed by atoms with van der Waals surface area (Å²) in [6, 6.07) is 22.1. The van der Waals surface area contributed by atoms with E-state index in [1.807, 2.05) is 49.4 Å². The molecule has 6 aromatic rings. The maximum atomic E-state index is 13.4. The standard InChI is InChI=1S/C28H23N7O2S/c1-19-9-11-22(12-10-19)38(36,37)34(2)18-26-32-28(24-16-20-6-3-4-7-21(20)17-31-24)33-35(26)25-13-15-29-23-8-5-14-30-27(23)25/h3-17H,18H2,1-2H3. The zero-order valence-corrected chi connectivity index (χ0v) is 21.5. The number of sulfonamides is 1. The second-order valence-electron chi connectivity index (χ2n) is 8.96. The van der Waals surface area contributed by atoms with Crippen LogP contribution in [0.4, 0.5) is 0 Å². The first-order chi connectivity index (χ1) is 18.4. The van der Waals surface area contributed by atoms with Crippen molar-refractivity contribution >= 4 is 31.8 Å². The maximum Gasteiger partial charge on any atom is 0.243 e. The van der Waals surface area contributed by atoms with Crippen LogP contribution >= 0.6 is 0 Å². The molecule has 0 bridgehead atoms. The lowest BCUT2D eigenvalue weighted by Crippen LogP contribution is -2.28. The molecule has 0 atom stereocenters. The highest BCUT2D eigenvalue weighted by Crippen LogP contribution is 2.25. The molecule has 188 valence electrons. The highest BCUT2D eigenvalue weighted by atomic mass is 32.2. The van der Waals surface area contributed by atoms with Crippen molar-refractivity contribution in [3.63, 3.8) is 0 Å². The van der Waals surface area contributed by atoms with Crippen LogP contribution in [0.3, 0.4) is 0 Å². The van der Waals surface area contributed by atoms with Gasteiger partial charge in [-0.1, -0.05) is 42.0 Å². The van der Waals surface area contributed by atoms with Gasteiger partial charge in [0.1, 0.15) is 17.0 Å². The molecule has 0 radical (unpaired) electrons. The molecule has 0 saturated carbocycles. The fourth-order valence-electron chi connectivity index (χ4n) is 4.26. The van der Waals surface area contributed by atoms with Gasteiger partial charge in [0, 0.05) is 31.0 Å². The first-order valence-electron chi connectivity index (χ1n) is 11.9. The van der Waals surface area contributed by atoms with Gasteiger partial charge in [-0.05, 0) is 48.7 Å². The lowest BCUT2D eigenvalue weighted by molar-refractivity contribution is 0.452. The number of benzene rings is 2. The van der Waals surface area contributed by atoms with Crippen molar-refractivity contribution in [3.05, 3.63) is 103 Å². The van der Waals surface area contributed by atoms with Crippen LogP contribution in [0.15, 0.2) is 96.3 Å². The van der Waals surface area contributed by atoms with Gasteiger partial charge in [-0.2, -0.15) is 4.31 Å². The van der Waals surface area contributed by atoms with Gasteiger partial charge in [-0.15, -0.1) is 5.10 Å². The van der Waals surface area contributed by atoms with Gasteiger partial charge >= 0.3 is 0 Å². The third-order valence-corrected chi connectivity index (χ3v) is 8.15. The molecule has 9 nitrogen and oxygen atoms in total. The van der Waals surface area contributed by atoms with E-state index in [1.54, 1.807) is 53.6 Å². The number of hydrogen-bond donors (Lipinski definition) is 0. The summed E-state index contributed by atoms with van der Waals surface area (Å²) in [4.78, 5) is 18.5. The fraction of sp³-hybridized carbons (Fsp3) is 0.107. The van der Waals surface area contributed by atoms with Crippen molar-refractivity contribution in [3.8, 4) is 17.2 Å².